The maximum Gasteiger partial charge on any atom is 0.0146 e. The van der Waals surface area contributed by atoms with Gasteiger partial charge < -0.3 is 0 Å². The van der Waals surface area contributed by atoms with Crippen LogP contribution in [0.5, 0.6) is 0 Å². The highest BCUT2D eigenvalue weighted by atomic mass is 32.2. The Kier molecular flexibility index (Phi) is 8.21. The van der Waals surface area contributed by atoms with Crippen LogP contribution in [0.4, 0.5) is 0 Å². The van der Waals surface area contributed by atoms with Gasteiger partial charge in [-0.15, -0.1) is 0 Å². The van der Waals surface area contributed by atoms with Gasteiger partial charge in [-0.2, -0.15) is 47.9 Å². The molecule has 0 N–H and O–H groups in total. The number of thiol groups is 1. The molecule has 4 heteroatoms. The van der Waals surface area contributed by atoms with E-state index in [1.54, 1.807) is 0 Å². The minimum absolute atomic E-state index is 0.605. The van der Waals surface area contributed by atoms with Gasteiger partial charge in [0.15, 0.2) is 0 Å². The smallest absolute Gasteiger partial charge is 0.0146 e. The summed E-state index contributed by atoms with van der Waals surface area (Å²) in [7, 11) is 0. The Bertz CT molecular complexity index is 136. The van der Waals surface area contributed by atoms with Crippen LogP contribution in [0.3, 0.4) is 0 Å². The van der Waals surface area contributed by atoms with E-state index in [1.165, 1.54) is 41.6 Å². The van der Waals surface area contributed by atoms with Crippen LogP contribution in [0.2, 0.25) is 0 Å². The summed E-state index contributed by atoms with van der Waals surface area (Å²) in [6.07, 6.45) is 2.63. The summed E-state index contributed by atoms with van der Waals surface area (Å²) in [6.45, 7) is 2.21. The Hall–Kier alpha value is 1.40. The van der Waals surface area contributed by atoms with Crippen molar-refractivity contribution in [3.05, 3.63) is 0 Å². The highest BCUT2D eigenvalue weighted by Gasteiger charge is 2.20. The predicted octanol–water partition coefficient (Wildman–Crippen LogP) is 3.67. The molecule has 0 saturated carbocycles. The molecule has 1 saturated heterocycles. The molecule has 0 amide bonds. The van der Waals surface area contributed by atoms with Crippen LogP contribution < -0.4 is 0 Å². The van der Waals surface area contributed by atoms with Crippen LogP contribution in [-0.4, -0.2) is 39.3 Å². The van der Waals surface area contributed by atoms with Crippen molar-refractivity contribution >= 4 is 47.9 Å². The summed E-state index contributed by atoms with van der Waals surface area (Å²) >= 11 is 10.8. The van der Waals surface area contributed by atoms with Crippen molar-refractivity contribution in [1.82, 2.24) is 0 Å². The number of hydrogen-bond acceptors (Lipinski definition) is 4. The molecular weight excluding hydrogens is 248 g/mol. The van der Waals surface area contributed by atoms with Crippen LogP contribution in [0.1, 0.15) is 19.8 Å². The highest BCUT2D eigenvalue weighted by Crippen LogP contribution is 2.33. The maximum atomic E-state index is 4.48. The van der Waals surface area contributed by atoms with E-state index in [-0.39, 0.29) is 0 Å². The fraction of sp³-hybridized carbons (Fsp3) is 1.00. The van der Waals surface area contributed by atoms with Gasteiger partial charge in [-0.3, -0.25) is 0 Å². The molecule has 0 radical (unpaired) electrons. The summed E-state index contributed by atoms with van der Waals surface area (Å²) in [6, 6.07) is 0. The molecule has 2 atom stereocenters. The SMILES string of the molecule is CCC(S)CSCCSCCC1CS1. The lowest BCUT2D eigenvalue weighted by atomic mass is 10.4. The first-order valence-corrected chi connectivity index (χ1v) is 9.15. The predicted molar refractivity (Wildman–Crippen MR) is 78.6 cm³/mol. The Balaban J connectivity index is 1.70. The minimum Gasteiger partial charge on any atom is -0.175 e. The summed E-state index contributed by atoms with van der Waals surface area (Å²) in [5.74, 6) is 6.65. The van der Waals surface area contributed by atoms with Crippen molar-refractivity contribution in [2.45, 2.75) is 30.3 Å². The molecule has 0 aromatic carbocycles. The number of rotatable bonds is 9. The summed E-state index contributed by atoms with van der Waals surface area (Å²) in [5.41, 5.74) is 0. The third-order valence-electron chi connectivity index (χ3n) is 2.14. The number of hydrogen-bond donors (Lipinski definition) is 1. The molecule has 0 spiro atoms. The van der Waals surface area contributed by atoms with E-state index in [0.717, 1.165) is 5.25 Å². The summed E-state index contributed by atoms with van der Waals surface area (Å²) in [5, 5.41) is 1.63. The first-order chi connectivity index (χ1) is 6.83. The second-order valence-electron chi connectivity index (χ2n) is 3.49. The van der Waals surface area contributed by atoms with Gasteiger partial charge in [0, 0.05) is 33.5 Å². The highest BCUT2D eigenvalue weighted by molar-refractivity contribution is 8.07. The average molecular weight is 269 g/mol. The molecule has 0 aromatic rings. The zero-order valence-electron chi connectivity index (χ0n) is 8.78. The lowest BCUT2D eigenvalue weighted by Gasteiger charge is -2.06. The van der Waals surface area contributed by atoms with E-state index in [4.69, 9.17) is 0 Å². The molecule has 1 heterocycles. The van der Waals surface area contributed by atoms with Gasteiger partial charge in [0.2, 0.25) is 0 Å². The van der Waals surface area contributed by atoms with Crippen LogP contribution in [0.25, 0.3) is 0 Å². The zero-order valence-corrected chi connectivity index (χ0v) is 12.1. The lowest BCUT2D eigenvalue weighted by Crippen LogP contribution is -2.01. The van der Waals surface area contributed by atoms with Crippen molar-refractivity contribution in [3.8, 4) is 0 Å². The lowest BCUT2D eigenvalue weighted by molar-refractivity contribution is 0.924. The Labute approximate surface area is 107 Å². The van der Waals surface area contributed by atoms with Crippen molar-refractivity contribution < 1.29 is 0 Å². The van der Waals surface area contributed by atoms with E-state index >= 15 is 0 Å². The van der Waals surface area contributed by atoms with Crippen LogP contribution in [-0.2, 0) is 0 Å². The fourth-order valence-corrected chi connectivity index (χ4v) is 4.33. The normalized spacial score (nSPS) is 22.3. The fourth-order valence-electron chi connectivity index (χ4n) is 1.01. The average Bonchev–Trinajstić information content (AvgIpc) is 2.99. The minimum atomic E-state index is 0.605. The molecule has 14 heavy (non-hydrogen) atoms. The van der Waals surface area contributed by atoms with E-state index in [1.807, 2.05) is 0 Å². The molecule has 0 aliphatic carbocycles. The Morgan fingerprint density at radius 3 is 2.71 bits per heavy atom. The summed E-state index contributed by atoms with van der Waals surface area (Å²) < 4.78 is 0. The second-order valence-corrected chi connectivity index (χ2v) is 7.93. The van der Waals surface area contributed by atoms with Gasteiger partial charge in [0.25, 0.3) is 0 Å². The molecule has 1 aliphatic rings. The van der Waals surface area contributed by atoms with Gasteiger partial charge in [0.1, 0.15) is 0 Å². The molecule has 1 aliphatic heterocycles. The maximum absolute atomic E-state index is 4.48. The standard InChI is InChI=1S/C10H20S4/c1-2-9(11)7-13-6-5-12-4-3-10-8-14-10/h9-11H,2-8H2,1H3. The summed E-state index contributed by atoms with van der Waals surface area (Å²) in [4.78, 5) is 0. The molecule has 1 fully saturated rings. The van der Waals surface area contributed by atoms with Crippen molar-refractivity contribution in [2.24, 2.45) is 0 Å². The molecule has 84 valence electrons. The first kappa shape index (κ1) is 13.5. The quantitative estimate of drug-likeness (QED) is 0.385. The Morgan fingerprint density at radius 2 is 2.07 bits per heavy atom. The zero-order chi connectivity index (χ0) is 10.2. The van der Waals surface area contributed by atoms with Crippen molar-refractivity contribution in [2.75, 3.05) is 28.8 Å². The Morgan fingerprint density at radius 1 is 1.36 bits per heavy atom. The van der Waals surface area contributed by atoms with Gasteiger partial charge in [-0.1, -0.05) is 6.92 Å². The van der Waals surface area contributed by atoms with Crippen molar-refractivity contribution in [3.63, 3.8) is 0 Å². The van der Waals surface area contributed by atoms with Gasteiger partial charge in [0.05, 0.1) is 0 Å². The topological polar surface area (TPSA) is 0 Å². The van der Waals surface area contributed by atoms with Crippen molar-refractivity contribution in [1.29, 1.82) is 0 Å². The number of thioether (sulfide) groups is 3. The van der Waals surface area contributed by atoms with Crippen LogP contribution in [0, 0.1) is 0 Å². The largest absolute Gasteiger partial charge is 0.175 e. The molecule has 0 aromatic heterocycles. The molecule has 0 nitrogen and oxygen atoms in total. The third kappa shape index (κ3) is 7.66. The molecule has 0 bridgehead atoms. The first-order valence-electron chi connectivity index (χ1n) is 5.28. The van der Waals surface area contributed by atoms with E-state index in [2.05, 4.69) is 54.8 Å². The monoisotopic (exact) mass is 268 g/mol. The third-order valence-corrected chi connectivity index (χ3v) is 6.38. The molecule has 2 unspecified atom stereocenters. The van der Waals surface area contributed by atoms with E-state index in [9.17, 15) is 0 Å². The van der Waals surface area contributed by atoms with Gasteiger partial charge in [-0.05, 0) is 18.6 Å². The molecular formula is C10H20S4. The molecule has 1 rings (SSSR count). The second kappa shape index (κ2) is 8.54. The van der Waals surface area contributed by atoms with E-state index in [0.29, 0.717) is 5.25 Å². The van der Waals surface area contributed by atoms with Crippen LogP contribution >= 0.6 is 47.9 Å². The van der Waals surface area contributed by atoms with E-state index < -0.39 is 0 Å². The van der Waals surface area contributed by atoms with Crippen LogP contribution in [0.15, 0.2) is 0 Å². The van der Waals surface area contributed by atoms with Gasteiger partial charge >= 0.3 is 0 Å². The van der Waals surface area contributed by atoms with Gasteiger partial charge in [-0.25, -0.2) is 0 Å².